The molecule has 0 aliphatic carbocycles. The van der Waals surface area contributed by atoms with Crippen LogP contribution in [0.3, 0.4) is 0 Å². The van der Waals surface area contributed by atoms with Gasteiger partial charge in [-0.1, -0.05) is 5.92 Å². The minimum absolute atomic E-state index is 0.204. The molecule has 2 amide bonds. The lowest BCUT2D eigenvalue weighted by Crippen LogP contribution is -2.31. The Morgan fingerprint density at radius 1 is 1.15 bits per heavy atom. The van der Waals surface area contributed by atoms with E-state index in [9.17, 15) is 14.4 Å². The second-order valence-electron chi connectivity index (χ2n) is 3.53. The van der Waals surface area contributed by atoms with Gasteiger partial charge >= 0.3 is 12.1 Å². The van der Waals surface area contributed by atoms with E-state index < -0.39 is 18.0 Å². The lowest BCUT2D eigenvalue weighted by atomic mass is 10.1. The Morgan fingerprint density at radius 3 is 2.30 bits per heavy atom. The van der Waals surface area contributed by atoms with Gasteiger partial charge in [0.25, 0.3) is 5.91 Å². The average molecular weight is 275 g/mol. The van der Waals surface area contributed by atoms with Gasteiger partial charge in [-0.3, -0.25) is 10.1 Å². The van der Waals surface area contributed by atoms with E-state index in [4.69, 9.17) is 11.2 Å². The minimum Gasteiger partial charge on any atom is -0.462 e. The molecule has 0 heterocycles. The number of benzene rings is 1. The van der Waals surface area contributed by atoms with Gasteiger partial charge in [0, 0.05) is 5.56 Å². The lowest BCUT2D eigenvalue weighted by molar-refractivity contribution is 0.0526. The molecule has 0 spiro atoms. The van der Waals surface area contributed by atoms with E-state index in [0.29, 0.717) is 5.56 Å². The summed E-state index contributed by atoms with van der Waals surface area (Å²) < 4.78 is 9.30. The van der Waals surface area contributed by atoms with Crippen LogP contribution in [0.5, 0.6) is 0 Å². The second kappa shape index (κ2) is 7.59. The van der Waals surface area contributed by atoms with Crippen LogP contribution in [-0.2, 0) is 9.47 Å². The highest BCUT2D eigenvalue weighted by Gasteiger charge is 2.12. The molecule has 0 aliphatic rings. The quantitative estimate of drug-likeness (QED) is 0.662. The van der Waals surface area contributed by atoms with Crippen LogP contribution in [0.1, 0.15) is 27.6 Å². The van der Waals surface area contributed by atoms with Crippen LogP contribution in [-0.4, -0.2) is 31.2 Å². The monoisotopic (exact) mass is 275 g/mol. The topological polar surface area (TPSA) is 81.7 Å². The predicted octanol–water partition coefficient (Wildman–Crippen LogP) is 1.36. The van der Waals surface area contributed by atoms with Gasteiger partial charge in [0.1, 0.15) is 0 Å². The highest BCUT2D eigenvalue weighted by atomic mass is 16.5. The van der Waals surface area contributed by atoms with E-state index in [1.165, 1.54) is 24.3 Å². The summed E-state index contributed by atoms with van der Waals surface area (Å²) in [6, 6.07) is 5.66. The van der Waals surface area contributed by atoms with Crippen molar-refractivity contribution < 1.29 is 23.9 Å². The molecule has 0 radical (unpaired) electrons. The Hall–Kier alpha value is -2.81. The number of alkyl carbamates (subject to hydrolysis) is 1. The van der Waals surface area contributed by atoms with Crippen molar-refractivity contribution in [2.24, 2.45) is 0 Å². The molecule has 20 heavy (non-hydrogen) atoms. The van der Waals surface area contributed by atoms with Crippen molar-refractivity contribution in [3.8, 4) is 12.3 Å². The number of hydrogen-bond acceptors (Lipinski definition) is 5. The molecule has 1 aromatic carbocycles. The number of carbonyl (C=O) groups excluding carboxylic acids is 3. The molecule has 1 aromatic rings. The van der Waals surface area contributed by atoms with Gasteiger partial charge in [0.2, 0.25) is 0 Å². The molecular weight excluding hydrogens is 262 g/mol. The first-order chi connectivity index (χ1) is 9.58. The van der Waals surface area contributed by atoms with Gasteiger partial charge < -0.3 is 9.47 Å². The minimum atomic E-state index is -0.928. The third kappa shape index (κ3) is 4.46. The van der Waals surface area contributed by atoms with E-state index in [-0.39, 0.29) is 18.8 Å². The van der Waals surface area contributed by atoms with Crippen molar-refractivity contribution in [3.05, 3.63) is 35.4 Å². The molecule has 0 aliphatic heterocycles. The smallest absolute Gasteiger partial charge is 0.415 e. The van der Waals surface area contributed by atoms with Crippen molar-refractivity contribution in [3.63, 3.8) is 0 Å². The average Bonchev–Trinajstić information content (AvgIpc) is 2.45. The molecule has 0 fully saturated rings. The Bertz CT molecular complexity index is 542. The molecule has 0 atom stereocenters. The molecule has 0 saturated heterocycles. The van der Waals surface area contributed by atoms with E-state index >= 15 is 0 Å². The van der Waals surface area contributed by atoms with Gasteiger partial charge in [0.05, 0.1) is 12.2 Å². The molecule has 6 heteroatoms. The molecule has 6 nitrogen and oxygen atoms in total. The number of imide groups is 1. The Labute approximate surface area is 116 Å². The van der Waals surface area contributed by atoms with Crippen molar-refractivity contribution in [2.45, 2.75) is 6.92 Å². The van der Waals surface area contributed by atoms with Crippen LogP contribution in [0, 0.1) is 12.3 Å². The van der Waals surface area contributed by atoms with Gasteiger partial charge in [-0.05, 0) is 31.2 Å². The first-order valence-electron chi connectivity index (χ1n) is 5.77. The summed E-state index contributed by atoms with van der Waals surface area (Å²) in [6.07, 6.45) is 3.98. The highest BCUT2D eigenvalue weighted by Crippen LogP contribution is 2.06. The summed E-state index contributed by atoms with van der Waals surface area (Å²) in [5.74, 6) is 0.968. The summed E-state index contributed by atoms with van der Waals surface area (Å²) in [5, 5.41) is 1.99. The van der Waals surface area contributed by atoms with Crippen LogP contribution in [0.4, 0.5) is 4.79 Å². The molecule has 1 rings (SSSR count). The normalized spacial score (nSPS) is 9.20. The molecule has 0 aromatic heterocycles. The van der Waals surface area contributed by atoms with Crippen LogP contribution in [0.15, 0.2) is 24.3 Å². The first-order valence-corrected chi connectivity index (χ1v) is 5.77. The summed E-state index contributed by atoms with van der Waals surface area (Å²) in [7, 11) is 0. The van der Waals surface area contributed by atoms with Crippen molar-refractivity contribution in [1.82, 2.24) is 5.32 Å². The van der Waals surface area contributed by atoms with Crippen molar-refractivity contribution >= 4 is 18.0 Å². The molecule has 0 unspecified atom stereocenters. The van der Waals surface area contributed by atoms with Crippen LogP contribution in [0.25, 0.3) is 0 Å². The van der Waals surface area contributed by atoms with E-state index in [1.54, 1.807) is 6.92 Å². The Kier molecular flexibility index (Phi) is 5.78. The zero-order valence-electron chi connectivity index (χ0n) is 10.8. The Morgan fingerprint density at radius 2 is 1.75 bits per heavy atom. The van der Waals surface area contributed by atoms with Crippen LogP contribution < -0.4 is 5.32 Å². The maximum Gasteiger partial charge on any atom is 0.415 e. The Balaban J connectivity index is 2.64. The van der Waals surface area contributed by atoms with E-state index in [1.807, 2.05) is 5.32 Å². The largest absolute Gasteiger partial charge is 0.462 e. The number of terminal acetylenes is 1. The first kappa shape index (κ1) is 15.2. The van der Waals surface area contributed by atoms with Crippen molar-refractivity contribution in [1.29, 1.82) is 0 Å². The summed E-state index contributed by atoms with van der Waals surface area (Å²) in [4.78, 5) is 34.2. The molecule has 104 valence electrons. The number of nitrogens with one attached hydrogen (secondary N) is 1. The third-order valence-corrected chi connectivity index (χ3v) is 2.16. The zero-order chi connectivity index (χ0) is 15.0. The van der Waals surface area contributed by atoms with Gasteiger partial charge in [-0.25, -0.2) is 9.59 Å². The maximum absolute atomic E-state index is 11.6. The maximum atomic E-state index is 11.6. The number of amides is 2. The van der Waals surface area contributed by atoms with Crippen LogP contribution >= 0.6 is 0 Å². The van der Waals surface area contributed by atoms with Gasteiger partial charge in [-0.2, -0.15) is 0 Å². The molecule has 0 bridgehead atoms. The number of carbonyl (C=O) groups is 3. The fourth-order valence-electron chi connectivity index (χ4n) is 1.28. The number of ether oxygens (including phenoxy) is 2. The fraction of sp³-hybridized carbons (Fsp3) is 0.214. The van der Waals surface area contributed by atoms with E-state index in [0.717, 1.165) is 0 Å². The standard InChI is InChI=1S/C14H13NO5/c1-3-9-20-14(18)15-12(16)10-5-7-11(8-6-10)13(17)19-4-2/h1,5-8H,4,9H2,2H3,(H,15,16,18). The number of rotatable bonds is 4. The number of hydrogen-bond donors (Lipinski definition) is 1. The van der Waals surface area contributed by atoms with Gasteiger partial charge in [0.15, 0.2) is 6.61 Å². The zero-order valence-corrected chi connectivity index (χ0v) is 10.8. The summed E-state index contributed by atoms with van der Waals surface area (Å²) in [5.41, 5.74) is 0.522. The lowest BCUT2D eigenvalue weighted by Gasteiger charge is -2.05. The number of esters is 1. The van der Waals surface area contributed by atoms with Gasteiger partial charge in [-0.15, -0.1) is 6.42 Å². The molecular formula is C14H13NO5. The fourth-order valence-corrected chi connectivity index (χ4v) is 1.28. The molecule has 0 saturated carbocycles. The van der Waals surface area contributed by atoms with Crippen LogP contribution in [0.2, 0.25) is 0 Å². The SMILES string of the molecule is C#CCOC(=O)NC(=O)c1ccc(C(=O)OCC)cc1. The van der Waals surface area contributed by atoms with Crippen molar-refractivity contribution in [2.75, 3.05) is 13.2 Å². The van der Waals surface area contributed by atoms with E-state index in [2.05, 4.69) is 10.7 Å². The summed E-state index contributed by atoms with van der Waals surface area (Å²) in [6.45, 7) is 1.74. The third-order valence-electron chi connectivity index (χ3n) is 2.16. The summed E-state index contributed by atoms with van der Waals surface area (Å²) >= 11 is 0. The highest BCUT2D eigenvalue weighted by molar-refractivity contribution is 6.03. The predicted molar refractivity (Wildman–Crippen MR) is 70.0 cm³/mol. The second-order valence-corrected chi connectivity index (χ2v) is 3.53. The molecule has 1 N–H and O–H groups in total.